The van der Waals surface area contributed by atoms with Gasteiger partial charge in [-0.3, -0.25) is 14.6 Å². The van der Waals surface area contributed by atoms with Gasteiger partial charge in [-0.15, -0.1) is 0 Å². The third-order valence-electron chi connectivity index (χ3n) is 3.91. The molecule has 0 aliphatic carbocycles. The van der Waals surface area contributed by atoms with Gasteiger partial charge in [0, 0.05) is 12.1 Å². The number of ketones is 1. The van der Waals surface area contributed by atoms with E-state index in [1.807, 2.05) is 30.3 Å². The second kappa shape index (κ2) is 8.04. The molecule has 24 heavy (non-hydrogen) atoms. The minimum absolute atomic E-state index is 0.109. The molecular formula is C19H24N2O3. The molecule has 128 valence electrons. The molecule has 5 heteroatoms. The lowest BCUT2D eigenvalue weighted by Gasteiger charge is -2.42. The quantitative estimate of drug-likeness (QED) is 0.752. The number of benzene rings is 1. The number of carbonyl (C=O) groups is 2. The fourth-order valence-corrected chi connectivity index (χ4v) is 2.64. The molecule has 1 amide bonds. The van der Waals surface area contributed by atoms with E-state index in [2.05, 4.69) is 13.2 Å². The highest BCUT2D eigenvalue weighted by molar-refractivity contribution is 5.99. The van der Waals surface area contributed by atoms with Crippen molar-refractivity contribution in [1.82, 2.24) is 10.0 Å². The maximum absolute atomic E-state index is 12.7. The van der Waals surface area contributed by atoms with Crippen LogP contribution in [0.5, 0.6) is 0 Å². The summed E-state index contributed by atoms with van der Waals surface area (Å²) in [4.78, 5) is 25.2. The van der Waals surface area contributed by atoms with E-state index in [1.54, 1.807) is 23.9 Å². The zero-order valence-corrected chi connectivity index (χ0v) is 14.3. The van der Waals surface area contributed by atoms with Crippen LogP contribution in [-0.4, -0.2) is 47.5 Å². The standard InChI is InChI=1S/C19H24N2O3/c1-14(2)18(22)17-13-24-11-10-20(17)21(19(23)15(3)4)12-16-8-6-5-7-9-16/h5-9,17H,1,3,10-13H2,2,4H3. The van der Waals surface area contributed by atoms with Gasteiger partial charge in [-0.25, -0.2) is 5.01 Å². The first-order valence-electron chi connectivity index (χ1n) is 7.97. The van der Waals surface area contributed by atoms with Crippen molar-refractivity contribution < 1.29 is 14.3 Å². The summed E-state index contributed by atoms with van der Waals surface area (Å²) in [5, 5.41) is 3.40. The van der Waals surface area contributed by atoms with Crippen molar-refractivity contribution in [2.75, 3.05) is 19.8 Å². The highest BCUT2D eigenvalue weighted by atomic mass is 16.5. The van der Waals surface area contributed by atoms with Crippen molar-refractivity contribution in [2.24, 2.45) is 0 Å². The Bertz CT molecular complexity index is 639. The van der Waals surface area contributed by atoms with E-state index in [-0.39, 0.29) is 18.3 Å². The molecule has 0 spiro atoms. The summed E-state index contributed by atoms with van der Waals surface area (Å²) in [5.41, 5.74) is 1.87. The first-order chi connectivity index (χ1) is 11.4. The number of Topliss-reactive ketones (excluding diaryl/α,β-unsaturated/α-hetero) is 1. The molecule has 1 heterocycles. The van der Waals surface area contributed by atoms with Crippen LogP contribution in [0.1, 0.15) is 19.4 Å². The van der Waals surface area contributed by atoms with Gasteiger partial charge in [0.2, 0.25) is 0 Å². The number of hydrogen-bond donors (Lipinski definition) is 0. The van der Waals surface area contributed by atoms with E-state index in [0.717, 1.165) is 5.56 Å². The molecule has 1 fully saturated rings. The molecule has 1 aromatic carbocycles. The molecule has 1 aromatic rings. The van der Waals surface area contributed by atoms with Crippen LogP contribution in [0.2, 0.25) is 0 Å². The zero-order valence-electron chi connectivity index (χ0n) is 14.3. The van der Waals surface area contributed by atoms with Gasteiger partial charge >= 0.3 is 0 Å². The van der Waals surface area contributed by atoms with Gasteiger partial charge in [0.1, 0.15) is 6.04 Å². The van der Waals surface area contributed by atoms with Crippen LogP contribution in [0.3, 0.4) is 0 Å². The lowest BCUT2D eigenvalue weighted by Crippen LogP contribution is -2.59. The summed E-state index contributed by atoms with van der Waals surface area (Å²) >= 11 is 0. The number of nitrogens with zero attached hydrogens (tertiary/aromatic N) is 2. The summed E-state index contributed by atoms with van der Waals surface area (Å²) in [6.07, 6.45) is 0. The molecule has 0 aromatic heterocycles. The van der Waals surface area contributed by atoms with Gasteiger partial charge in [-0.2, -0.15) is 0 Å². The zero-order chi connectivity index (χ0) is 17.7. The van der Waals surface area contributed by atoms with Gasteiger partial charge in [-0.1, -0.05) is 43.5 Å². The predicted molar refractivity (Wildman–Crippen MR) is 92.9 cm³/mol. The SMILES string of the molecule is C=C(C)C(=O)C1COCCN1N(Cc1ccccc1)C(=O)C(=C)C. The average Bonchev–Trinajstić information content (AvgIpc) is 2.59. The fourth-order valence-electron chi connectivity index (χ4n) is 2.64. The molecule has 1 aliphatic rings. The van der Waals surface area contributed by atoms with E-state index in [9.17, 15) is 9.59 Å². The summed E-state index contributed by atoms with van der Waals surface area (Å²) in [6, 6.07) is 9.15. The van der Waals surface area contributed by atoms with Gasteiger partial charge in [0.05, 0.1) is 19.8 Å². The number of ether oxygens (including phenoxy) is 1. The molecule has 1 unspecified atom stereocenters. The molecule has 0 N–H and O–H groups in total. The predicted octanol–water partition coefficient (Wildman–Crippen LogP) is 2.35. The molecule has 0 radical (unpaired) electrons. The average molecular weight is 328 g/mol. The van der Waals surface area contributed by atoms with E-state index < -0.39 is 6.04 Å². The maximum atomic E-state index is 12.7. The van der Waals surface area contributed by atoms with Crippen molar-refractivity contribution in [3.63, 3.8) is 0 Å². The fraction of sp³-hybridized carbons (Fsp3) is 0.368. The molecule has 0 bridgehead atoms. The van der Waals surface area contributed by atoms with Crippen LogP contribution in [0.25, 0.3) is 0 Å². The molecule has 1 saturated heterocycles. The minimum atomic E-state index is -0.539. The summed E-state index contributed by atoms with van der Waals surface area (Å²) in [7, 11) is 0. The van der Waals surface area contributed by atoms with Gasteiger partial charge in [0.25, 0.3) is 5.91 Å². The van der Waals surface area contributed by atoms with Crippen LogP contribution in [0.15, 0.2) is 54.6 Å². The smallest absolute Gasteiger partial charge is 0.263 e. The highest BCUT2D eigenvalue weighted by Crippen LogP contribution is 2.19. The molecule has 5 nitrogen and oxygen atoms in total. The number of hydrogen-bond acceptors (Lipinski definition) is 4. The van der Waals surface area contributed by atoms with E-state index in [0.29, 0.717) is 30.8 Å². The Hall–Kier alpha value is -2.24. The Morgan fingerprint density at radius 1 is 1.21 bits per heavy atom. The number of hydrazine groups is 1. The Morgan fingerprint density at radius 2 is 1.88 bits per heavy atom. The molecular weight excluding hydrogens is 304 g/mol. The Morgan fingerprint density at radius 3 is 2.46 bits per heavy atom. The molecule has 1 aliphatic heterocycles. The molecule has 0 saturated carbocycles. The largest absolute Gasteiger partial charge is 0.378 e. The molecule has 2 rings (SSSR count). The van der Waals surface area contributed by atoms with Crippen LogP contribution in [0, 0.1) is 0 Å². The van der Waals surface area contributed by atoms with Crippen molar-refractivity contribution >= 4 is 11.7 Å². The lowest BCUT2D eigenvalue weighted by atomic mass is 10.1. The Kier molecular flexibility index (Phi) is 6.06. The molecule has 1 atom stereocenters. The number of morpholine rings is 1. The van der Waals surface area contributed by atoms with E-state index in [4.69, 9.17) is 4.74 Å². The first kappa shape index (κ1) is 18.1. The second-order valence-electron chi connectivity index (χ2n) is 6.03. The summed E-state index contributed by atoms with van der Waals surface area (Å²) in [5.74, 6) is -0.303. The number of carbonyl (C=O) groups excluding carboxylic acids is 2. The summed E-state index contributed by atoms with van der Waals surface area (Å²) in [6.45, 7) is 12.4. The minimum Gasteiger partial charge on any atom is -0.378 e. The van der Waals surface area contributed by atoms with Gasteiger partial charge in [-0.05, 0) is 25.0 Å². The van der Waals surface area contributed by atoms with Crippen molar-refractivity contribution in [3.8, 4) is 0 Å². The monoisotopic (exact) mass is 328 g/mol. The van der Waals surface area contributed by atoms with Crippen molar-refractivity contribution in [1.29, 1.82) is 0 Å². The lowest BCUT2D eigenvalue weighted by molar-refractivity contribution is -0.169. The van der Waals surface area contributed by atoms with Crippen molar-refractivity contribution in [2.45, 2.75) is 26.4 Å². The normalized spacial score (nSPS) is 18.0. The van der Waals surface area contributed by atoms with Crippen molar-refractivity contribution in [3.05, 3.63) is 60.2 Å². The Balaban J connectivity index is 2.32. The third kappa shape index (κ3) is 4.19. The van der Waals surface area contributed by atoms with E-state index in [1.165, 1.54) is 0 Å². The Labute approximate surface area is 143 Å². The number of amides is 1. The summed E-state index contributed by atoms with van der Waals surface area (Å²) < 4.78 is 5.46. The topological polar surface area (TPSA) is 49.9 Å². The van der Waals surface area contributed by atoms with Crippen LogP contribution in [0.4, 0.5) is 0 Å². The van der Waals surface area contributed by atoms with E-state index >= 15 is 0 Å². The maximum Gasteiger partial charge on any atom is 0.263 e. The highest BCUT2D eigenvalue weighted by Gasteiger charge is 2.35. The van der Waals surface area contributed by atoms with Crippen LogP contribution >= 0.6 is 0 Å². The van der Waals surface area contributed by atoms with Gasteiger partial charge < -0.3 is 4.74 Å². The van der Waals surface area contributed by atoms with Gasteiger partial charge in [0.15, 0.2) is 5.78 Å². The third-order valence-corrected chi connectivity index (χ3v) is 3.91. The van der Waals surface area contributed by atoms with Crippen LogP contribution < -0.4 is 0 Å². The second-order valence-corrected chi connectivity index (χ2v) is 6.03. The number of rotatable bonds is 6. The van der Waals surface area contributed by atoms with Crippen LogP contribution in [-0.2, 0) is 20.9 Å². The first-order valence-corrected chi connectivity index (χ1v) is 7.97.